The number of nitrogens with zero attached hydrogens (tertiary/aromatic N) is 8. The summed E-state index contributed by atoms with van der Waals surface area (Å²) >= 11 is 0. The molecule has 0 atom stereocenters. The number of carbonyl (C=O) groups excluding carboxylic acids is 6. The van der Waals surface area contributed by atoms with Crippen molar-refractivity contribution in [3.8, 4) is 0 Å². The molecule has 0 spiro atoms. The molecule has 6 aliphatic heterocycles. The minimum absolute atomic E-state index is 0.00732. The summed E-state index contributed by atoms with van der Waals surface area (Å²) in [4.78, 5) is 105. The van der Waals surface area contributed by atoms with Crippen LogP contribution in [0.25, 0.3) is 4.85 Å². The van der Waals surface area contributed by atoms with E-state index in [1.54, 1.807) is 30.6 Å². The first-order valence-corrected chi connectivity index (χ1v) is 46.1. The number of Topliss-reactive ketones (excluding diaryl/α,β-unsaturated/α-hetero) is 4. The van der Waals surface area contributed by atoms with Crippen molar-refractivity contribution in [2.45, 2.75) is 185 Å². The number of carbonyl (C=O) groups is 7. The summed E-state index contributed by atoms with van der Waals surface area (Å²) in [5.41, 5.74) is 7.94. The van der Waals surface area contributed by atoms with Crippen molar-refractivity contribution >= 4 is 69.4 Å². The van der Waals surface area contributed by atoms with Gasteiger partial charge in [-0.15, -0.1) is 0 Å². The lowest BCUT2D eigenvalue weighted by atomic mass is 9.81. The number of hydrogen-bond acceptors (Lipinski definition) is 16. The molecule has 0 aromatic heterocycles. The molecule has 0 bridgehead atoms. The summed E-state index contributed by atoms with van der Waals surface area (Å²) in [6.45, 7) is 31.3. The highest BCUT2D eigenvalue weighted by Crippen LogP contribution is 2.38. The third-order valence-corrected chi connectivity index (χ3v) is 25.9. The second-order valence-electron chi connectivity index (χ2n) is 34.8. The van der Waals surface area contributed by atoms with Crippen LogP contribution in [0.15, 0.2) is 303 Å². The first kappa shape index (κ1) is 97.6. The fraction of sp³-hybridized carbons (Fsp3) is 0.376. The quantitative estimate of drug-likeness (QED) is 0.0319. The molecule has 2 amide bonds. The second-order valence-corrected chi connectivity index (χ2v) is 34.8. The molecule has 6 heterocycles. The maximum atomic E-state index is 12.9. The van der Waals surface area contributed by atoms with Crippen LogP contribution < -0.4 is 31.1 Å². The van der Waals surface area contributed by atoms with Gasteiger partial charge in [0.25, 0.3) is 0 Å². The minimum Gasteiger partial charge on any atom is -0.480 e. The lowest BCUT2D eigenvalue weighted by molar-refractivity contribution is -0.144. The Kier molecular flexibility index (Phi) is 37.4. The van der Waals surface area contributed by atoms with E-state index < -0.39 is 33.8 Å². The molecule has 129 heavy (non-hydrogen) atoms. The number of hydrogen-bond donors (Lipinski definition) is 5. The van der Waals surface area contributed by atoms with E-state index >= 15 is 0 Å². The van der Waals surface area contributed by atoms with Crippen LogP contribution in [-0.4, -0.2) is 177 Å². The van der Waals surface area contributed by atoms with Gasteiger partial charge >= 0.3 is 11.6 Å². The summed E-state index contributed by atoms with van der Waals surface area (Å²) < 4.78 is 0. The first-order valence-electron chi connectivity index (χ1n) is 46.1. The van der Waals surface area contributed by atoms with Crippen molar-refractivity contribution in [1.82, 2.24) is 29.8 Å². The maximum Gasteiger partial charge on any atom is 0.329 e. The molecule has 20 nitrogen and oxygen atoms in total. The topological polar surface area (TPSA) is 215 Å². The molecule has 20 heteroatoms. The molecule has 6 aliphatic rings. The number of para-hydroxylation sites is 5. The van der Waals surface area contributed by atoms with Gasteiger partial charge in [-0.3, -0.25) is 67.9 Å². The van der Waals surface area contributed by atoms with E-state index in [9.17, 15) is 38.7 Å². The van der Waals surface area contributed by atoms with E-state index in [0.717, 1.165) is 178 Å². The van der Waals surface area contributed by atoms with Crippen LogP contribution in [0.4, 0.5) is 28.4 Å². The number of amides is 2. The standard InChI is InChI=1S/C23H28N2O2.C20H24N2O.C19H21N3.C19H22N2O2.C16H22N2O2.C12H15NO/c1-3-22(27)25(21-12-8-5-9-13-21)23(19(2)26)14-16-24(17-15-23)18-20-10-6-4-7-11-20;1-17(23)20(21-19-10-6-3-7-11-19)12-14-22(15-13-20)16-18-8-4-2-5-9-18;1-20-19(21-18-10-6-3-7-11-18)12-14-22(15-13-19)16-17-8-4-2-5-9-17;22-18(23)19(20-17-9-5-2-6-10-17)11-13-21(14-12-19)15-16-7-3-1-4-8-16;1-3-15(20)18(14-7-5-4-6-8-14)16(13(2)19)9-11-17-12-10-16;14-12-6-8-13(9-7-12)10-11-4-2-1-3-5-11/h4-13H,3,14-18H2,1-2H3;2-11,21H,12-16H2,1H3;2-11,21H,12-16H2;1-10,20H,11-15H2,(H,22,23);4-8,17H,3,9-12H2,1-2H3;1-5H,6-10H2. The summed E-state index contributed by atoms with van der Waals surface area (Å²) in [6.07, 6.45) is 9.53. The molecule has 0 aliphatic carbocycles. The molecule has 16 rings (SSSR count). The van der Waals surface area contributed by atoms with Gasteiger partial charge in [0.15, 0.2) is 17.3 Å². The number of aliphatic carboxylic acids is 1. The number of piperidine rings is 6. The molecule has 6 fully saturated rings. The molecule has 0 unspecified atom stereocenters. The van der Waals surface area contributed by atoms with Gasteiger partial charge in [0.05, 0.1) is 18.4 Å². The zero-order valence-corrected chi connectivity index (χ0v) is 76.2. The Morgan fingerprint density at radius 1 is 0.341 bits per heavy atom. The number of ketones is 4. The zero-order chi connectivity index (χ0) is 91.2. The predicted molar refractivity (Wildman–Crippen MR) is 520 cm³/mol. The number of nitrogens with one attached hydrogen (secondary N) is 4. The highest BCUT2D eigenvalue weighted by atomic mass is 16.4. The van der Waals surface area contributed by atoms with Gasteiger partial charge in [-0.1, -0.05) is 257 Å². The van der Waals surface area contributed by atoms with E-state index in [1.165, 1.54) is 27.8 Å². The van der Waals surface area contributed by atoms with Gasteiger partial charge in [-0.2, -0.15) is 0 Å². The Labute approximate surface area is 765 Å². The van der Waals surface area contributed by atoms with E-state index in [4.69, 9.17) is 6.57 Å². The number of benzene rings is 10. The Bertz CT molecular complexity index is 4960. The molecule has 10 aromatic rings. The van der Waals surface area contributed by atoms with Crippen molar-refractivity contribution in [2.24, 2.45) is 0 Å². The van der Waals surface area contributed by atoms with E-state index in [-0.39, 0.29) is 29.2 Å². The summed E-state index contributed by atoms with van der Waals surface area (Å²) in [5.74, 6) is 0.0501. The van der Waals surface area contributed by atoms with Crippen LogP contribution in [0.1, 0.15) is 152 Å². The maximum absolute atomic E-state index is 12.9. The van der Waals surface area contributed by atoms with Gasteiger partial charge in [0.2, 0.25) is 11.8 Å². The number of carboxylic acids is 1. The highest BCUT2D eigenvalue weighted by Gasteiger charge is 2.49. The van der Waals surface area contributed by atoms with Crippen LogP contribution >= 0.6 is 0 Å². The monoisotopic (exact) mass is 1740 g/mol. The van der Waals surface area contributed by atoms with Crippen molar-refractivity contribution < 1.29 is 38.7 Å². The van der Waals surface area contributed by atoms with Crippen LogP contribution in [0.5, 0.6) is 0 Å². The smallest absolute Gasteiger partial charge is 0.329 e. The van der Waals surface area contributed by atoms with Crippen molar-refractivity contribution in [3.63, 3.8) is 0 Å². The van der Waals surface area contributed by atoms with Crippen LogP contribution in [-0.2, 0) is 66.3 Å². The normalized spacial score (nSPS) is 17.5. The van der Waals surface area contributed by atoms with Crippen LogP contribution in [0, 0.1) is 6.57 Å². The summed E-state index contributed by atoms with van der Waals surface area (Å²) in [7, 11) is 0. The number of likely N-dealkylation sites (tertiary alicyclic amines) is 5. The number of carboxylic acid groups (broad SMARTS) is 1. The van der Waals surface area contributed by atoms with Crippen LogP contribution in [0.3, 0.4) is 0 Å². The Morgan fingerprint density at radius 2 is 0.597 bits per heavy atom. The second kappa shape index (κ2) is 49.5. The van der Waals surface area contributed by atoms with Gasteiger partial charge in [-0.25, -0.2) is 11.4 Å². The van der Waals surface area contributed by atoms with Gasteiger partial charge in [-0.05, 0) is 174 Å². The highest BCUT2D eigenvalue weighted by molar-refractivity contribution is 6.04. The fourth-order valence-corrected chi connectivity index (χ4v) is 18.2. The SMILES string of the molecule is CC(=O)C1(Nc2ccccc2)CCN(Cc2ccccc2)CC1.CCC(=O)N(c1ccccc1)C1(C(C)=O)CCN(Cc2ccccc2)CC1.CCC(=O)N(c1ccccc1)C1(C(C)=O)CCNCC1.O=C(O)C1(Nc2ccccc2)CCN(Cc2ccccc2)CC1.O=C1CCN(Cc2ccccc2)CC1.[C-]#[N+]C1(Nc2ccccc2)CCN(Cc2ccccc2)CC1. The Balaban J connectivity index is 0.000000151. The van der Waals surface area contributed by atoms with E-state index in [1.807, 2.05) is 208 Å². The molecular weight excluding hydrogens is 1610 g/mol. The molecule has 0 saturated carbocycles. The Hall–Kier alpha value is -12.1. The lowest BCUT2D eigenvalue weighted by Gasteiger charge is -2.47. The van der Waals surface area contributed by atoms with Crippen LogP contribution in [0.2, 0.25) is 0 Å². The lowest BCUT2D eigenvalue weighted by Crippen LogP contribution is -2.61. The summed E-state index contributed by atoms with van der Waals surface area (Å²) in [5, 5.41) is 23.2. The largest absolute Gasteiger partial charge is 0.480 e. The van der Waals surface area contributed by atoms with Gasteiger partial charge in [0.1, 0.15) is 22.4 Å². The fourth-order valence-electron chi connectivity index (χ4n) is 18.2. The van der Waals surface area contributed by atoms with Crippen molar-refractivity contribution in [2.75, 3.05) is 104 Å². The molecule has 0 radical (unpaired) electrons. The molecule has 5 N–H and O–H groups in total. The Morgan fingerprint density at radius 3 is 0.884 bits per heavy atom. The van der Waals surface area contributed by atoms with E-state index in [0.29, 0.717) is 57.1 Å². The first-order chi connectivity index (χ1) is 62.7. The zero-order valence-electron chi connectivity index (χ0n) is 76.2. The summed E-state index contributed by atoms with van der Waals surface area (Å²) in [6, 6.07) is 101. The average Bonchev–Trinajstić information content (AvgIpc) is 0.763. The van der Waals surface area contributed by atoms with Crippen molar-refractivity contribution in [1.29, 1.82) is 0 Å². The molecular formula is C109H132N12O8. The molecule has 10 aromatic carbocycles. The predicted octanol–water partition coefficient (Wildman–Crippen LogP) is 19.0. The average molecular weight is 1740 g/mol. The third kappa shape index (κ3) is 28.5. The number of anilines is 5. The minimum atomic E-state index is -0.867. The van der Waals surface area contributed by atoms with E-state index in [2.05, 4.69) is 160 Å². The molecule has 676 valence electrons. The number of rotatable bonds is 26. The van der Waals surface area contributed by atoms with Gasteiger partial charge < -0.3 is 26.4 Å². The third-order valence-electron chi connectivity index (χ3n) is 25.9. The molecule has 6 saturated heterocycles. The van der Waals surface area contributed by atoms with Crippen molar-refractivity contribution in [3.05, 3.63) is 343 Å². The van der Waals surface area contributed by atoms with Gasteiger partial charge in [0, 0.05) is 152 Å².